The SMILES string of the molecule is COc1cc(/C=C2/SC(=O)N(CC(=O)c3ccc(Br)cc3)C2=O)cc(I)c1OCc1ccccc1. The van der Waals surface area contributed by atoms with E-state index in [1.165, 1.54) is 0 Å². The number of rotatable bonds is 8. The zero-order chi connectivity index (χ0) is 24.9. The molecule has 9 heteroatoms. The zero-order valence-electron chi connectivity index (χ0n) is 18.5. The van der Waals surface area contributed by atoms with Crippen LogP contribution in [0.5, 0.6) is 11.5 Å². The van der Waals surface area contributed by atoms with Crippen LogP contribution in [0.2, 0.25) is 0 Å². The van der Waals surface area contributed by atoms with Gasteiger partial charge in [-0.05, 0) is 75.8 Å². The van der Waals surface area contributed by atoms with Gasteiger partial charge in [-0.2, -0.15) is 0 Å². The fourth-order valence-electron chi connectivity index (χ4n) is 3.35. The largest absolute Gasteiger partial charge is 0.493 e. The summed E-state index contributed by atoms with van der Waals surface area (Å²) in [4.78, 5) is 39.2. The maximum absolute atomic E-state index is 12.9. The van der Waals surface area contributed by atoms with Gasteiger partial charge in [-0.25, -0.2) is 0 Å². The summed E-state index contributed by atoms with van der Waals surface area (Å²) in [7, 11) is 1.55. The van der Waals surface area contributed by atoms with Crippen molar-refractivity contribution >= 4 is 73.3 Å². The monoisotopic (exact) mass is 663 g/mol. The summed E-state index contributed by atoms with van der Waals surface area (Å²) < 4.78 is 13.2. The summed E-state index contributed by atoms with van der Waals surface area (Å²) in [6.45, 7) is 0.0780. The van der Waals surface area contributed by atoms with E-state index in [9.17, 15) is 14.4 Å². The third-order valence-corrected chi connectivity index (χ3v) is 7.35. The minimum Gasteiger partial charge on any atom is -0.493 e. The van der Waals surface area contributed by atoms with Gasteiger partial charge >= 0.3 is 0 Å². The highest BCUT2D eigenvalue weighted by Gasteiger charge is 2.36. The van der Waals surface area contributed by atoms with Gasteiger partial charge in [-0.15, -0.1) is 0 Å². The molecule has 0 unspecified atom stereocenters. The molecule has 0 spiro atoms. The van der Waals surface area contributed by atoms with Gasteiger partial charge in [-0.3, -0.25) is 19.3 Å². The predicted octanol–water partition coefficient (Wildman–Crippen LogP) is 6.56. The van der Waals surface area contributed by atoms with Crippen LogP contribution in [0, 0.1) is 3.57 Å². The molecule has 178 valence electrons. The molecule has 0 N–H and O–H groups in total. The maximum Gasteiger partial charge on any atom is 0.293 e. The molecule has 1 saturated heterocycles. The Hall–Kier alpha value is -2.63. The number of amides is 2. The molecule has 1 heterocycles. The van der Waals surface area contributed by atoms with Crippen LogP contribution in [0.3, 0.4) is 0 Å². The molecule has 3 aromatic rings. The van der Waals surface area contributed by atoms with E-state index in [0.29, 0.717) is 29.2 Å². The maximum atomic E-state index is 12.9. The van der Waals surface area contributed by atoms with Crippen LogP contribution in [0.15, 0.2) is 76.1 Å². The van der Waals surface area contributed by atoms with Crippen LogP contribution in [0.1, 0.15) is 21.5 Å². The number of ether oxygens (including phenoxy) is 2. The number of nitrogens with zero attached hydrogens (tertiary/aromatic N) is 1. The van der Waals surface area contributed by atoms with Crippen molar-refractivity contribution in [1.82, 2.24) is 4.90 Å². The number of hydrogen-bond acceptors (Lipinski definition) is 6. The minimum atomic E-state index is -0.496. The van der Waals surface area contributed by atoms with Crippen LogP contribution in [0.4, 0.5) is 4.79 Å². The van der Waals surface area contributed by atoms with Crippen LogP contribution < -0.4 is 9.47 Å². The molecule has 0 atom stereocenters. The molecular weight excluding hydrogens is 645 g/mol. The lowest BCUT2D eigenvalue weighted by Gasteiger charge is -2.14. The van der Waals surface area contributed by atoms with E-state index in [1.54, 1.807) is 43.5 Å². The van der Waals surface area contributed by atoms with Crippen molar-refractivity contribution in [2.75, 3.05) is 13.7 Å². The van der Waals surface area contributed by atoms with Crippen LogP contribution in [-0.2, 0) is 11.4 Å². The number of thioether (sulfide) groups is 1. The second-order valence-corrected chi connectivity index (χ2v) is 10.6. The molecule has 1 aliphatic heterocycles. The Morgan fingerprint density at radius 3 is 2.49 bits per heavy atom. The van der Waals surface area contributed by atoms with Crippen molar-refractivity contribution in [2.45, 2.75) is 6.61 Å². The van der Waals surface area contributed by atoms with Crippen molar-refractivity contribution in [3.05, 3.63) is 96.4 Å². The van der Waals surface area contributed by atoms with E-state index in [4.69, 9.17) is 9.47 Å². The van der Waals surface area contributed by atoms with Gasteiger partial charge in [0.15, 0.2) is 17.3 Å². The summed E-state index contributed by atoms with van der Waals surface area (Å²) in [5, 5.41) is -0.476. The Labute approximate surface area is 228 Å². The van der Waals surface area contributed by atoms with Crippen molar-refractivity contribution in [3.8, 4) is 11.5 Å². The highest BCUT2D eigenvalue weighted by Crippen LogP contribution is 2.37. The van der Waals surface area contributed by atoms with Gasteiger partial charge in [0.05, 0.1) is 22.1 Å². The number of ketones is 1. The van der Waals surface area contributed by atoms with Gasteiger partial charge in [0.2, 0.25) is 0 Å². The number of halogens is 2. The quantitative estimate of drug-likeness (QED) is 0.154. The molecule has 0 bridgehead atoms. The number of methoxy groups -OCH3 is 1. The Balaban J connectivity index is 1.51. The average Bonchev–Trinajstić information content (AvgIpc) is 3.11. The van der Waals surface area contributed by atoms with Gasteiger partial charge in [-0.1, -0.05) is 58.4 Å². The standard InChI is InChI=1S/C26H19BrINO5S/c1-33-22-12-17(11-20(28)24(22)34-15-16-5-3-2-4-6-16)13-23-25(31)29(26(32)35-23)14-21(30)18-7-9-19(27)10-8-18/h2-13H,14-15H2,1H3/b23-13+. The summed E-state index contributed by atoms with van der Waals surface area (Å²) in [5.41, 5.74) is 2.14. The first kappa shape index (κ1) is 25.5. The fourth-order valence-corrected chi connectivity index (χ4v) is 5.23. The molecule has 6 nitrogen and oxygen atoms in total. The number of benzene rings is 3. The number of imide groups is 1. The molecule has 35 heavy (non-hydrogen) atoms. The number of carbonyl (C=O) groups is 3. The van der Waals surface area contributed by atoms with E-state index in [0.717, 1.165) is 30.3 Å². The molecule has 3 aromatic carbocycles. The van der Waals surface area contributed by atoms with Crippen molar-refractivity contribution < 1.29 is 23.9 Å². The molecule has 1 aliphatic rings. The summed E-state index contributed by atoms with van der Waals surface area (Å²) >= 11 is 6.28. The molecule has 0 aliphatic carbocycles. The zero-order valence-corrected chi connectivity index (χ0v) is 23.1. The van der Waals surface area contributed by atoms with Crippen molar-refractivity contribution in [3.63, 3.8) is 0 Å². The van der Waals surface area contributed by atoms with E-state index in [1.807, 2.05) is 36.4 Å². The fraction of sp³-hybridized carbons (Fsp3) is 0.115. The second-order valence-electron chi connectivity index (χ2n) is 7.51. The highest BCUT2D eigenvalue weighted by atomic mass is 127. The average molecular weight is 664 g/mol. The molecular formula is C26H19BrINO5S. The summed E-state index contributed by atoms with van der Waals surface area (Å²) in [6, 6.07) is 20.2. The van der Waals surface area contributed by atoms with Gasteiger partial charge in [0, 0.05) is 10.0 Å². The topological polar surface area (TPSA) is 72.9 Å². The van der Waals surface area contributed by atoms with E-state index < -0.39 is 11.1 Å². The second kappa shape index (κ2) is 11.4. The van der Waals surface area contributed by atoms with E-state index in [2.05, 4.69) is 38.5 Å². The van der Waals surface area contributed by atoms with E-state index >= 15 is 0 Å². The predicted molar refractivity (Wildman–Crippen MR) is 148 cm³/mol. The smallest absolute Gasteiger partial charge is 0.293 e. The third-order valence-electron chi connectivity index (χ3n) is 5.12. The first-order chi connectivity index (χ1) is 16.9. The van der Waals surface area contributed by atoms with Crippen LogP contribution in [0.25, 0.3) is 6.08 Å². The Kier molecular flexibility index (Phi) is 8.30. The highest BCUT2D eigenvalue weighted by molar-refractivity contribution is 14.1. The number of hydrogen-bond donors (Lipinski definition) is 0. The molecule has 0 aromatic heterocycles. The van der Waals surface area contributed by atoms with Crippen molar-refractivity contribution in [2.24, 2.45) is 0 Å². The lowest BCUT2D eigenvalue weighted by Crippen LogP contribution is -2.33. The first-order valence-corrected chi connectivity index (χ1v) is 13.1. The Morgan fingerprint density at radius 1 is 1.09 bits per heavy atom. The number of Topliss-reactive ketones (excluding diaryl/α,β-unsaturated/α-hetero) is 1. The molecule has 0 saturated carbocycles. The minimum absolute atomic E-state index is 0.245. The van der Waals surface area contributed by atoms with Gasteiger partial charge in [0.25, 0.3) is 11.1 Å². The summed E-state index contributed by atoms with van der Waals surface area (Å²) in [6.07, 6.45) is 1.63. The normalized spacial score (nSPS) is 14.5. The van der Waals surface area contributed by atoms with Crippen molar-refractivity contribution in [1.29, 1.82) is 0 Å². The van der Waals surface area contributed by atoms with Crippen LogP contribution >= 0.6 is 50.3 Å². The number of carbonyl (C=O) groups excluding carboxylic acids is 3. The summed E-state index contributed by atoms with van der Waals surface area (Å²) in [5.74, 6) is 0.312. The van der Waals surface area contributed by atoms with Gasteiger partial charge < -0.3 is 9.47 Å². The lowest BCUT2D eigenvalue weighted by molar-refractivity contribution is -0.122. The van der Waals surface area contributed by atoms with E-state index in [-0.39, 0.29) is 17.2 Å². The third kappa shape index (κ3) is 6.14. The molecule has 2 amide bonds. The molecule has 4 rings (SSSR count). The lowest BCUT2D eigenvalue weighted by atomic mass is 10.1. The molecule has 0 radical (unpaired) electrons. The van der Waals surface area contributed by atoms with Gasteiger partial charge in [0.1, 0.15) is 6.61 Å². The molecule has 1 fully saturated rings. The van der Waals surface area contributed by atoms with Crippen LogP contribution in [-0.4, -0.2) is 35.5 Å². The first-order valence-electron chi connectivity index (χ1n) is 10.4. The Bertz CT molecular complexity index is 1310. The Morgan fingerprint density at radius 2 is 1.80 bits per heavy atom.